The molecule has 1 N–H and O–H groups in total. The molecule has 2 aliphatic heterocycles. The van der Waals surface area contributed by atoms with E-state index in [1.165, 1.54) is 0 Å². The summed E-state index contributed by atoms with van der Waals surface area (Å²) < 4.78 is 12.0. The van der Waals surface area contributed by atoms with Crippen molar-refractivity contribution in [3.05, 3.63) is 86.0 Å². The largest absolute Gasteiger partial charge is 0.485 e. The van der Waals surface area contributed by atoms with Crippen LogP contribution in [0.2, 0.25) is 15.1 Å². The number of hydrogen-bond acceptors (Lipinski definition) is 7. The Kier molecular flexibility index (Phi) is 12.5. The average Bonchev–Trinajstić information content (AvgIpc) is 3.87. The van der Waals surface area contributed by atoms with Gasteiger partial charge >= 0.3 is 6.09 Å². The Labute approximate surface area is 333 Å². The molecule has 1 aromatic heterocycles. The van der Waals surface area contributed by atoms with Gasteiger partial charge in [0.15, 0.2) is 5.75 Å². The summed E-state index contributed by atoms with van der Waals surface area (Å²) in [5, 5.41) is 4.47. The van der Waals surface area contributed by atoms with Gasteiger partial charge < -0.3 is 29.5 Å². The summed E-state index contributed by atoms with van der Waals surface area (Å²) in [5.41, 5.74) is 3.00. The molecule has 1 aliphatic carbocycles. The van der Waals surface area contributed by atoms with E-state index < -0.39 is 17.6 Å². The fourth-order valence-electron chi connectivity index (χ4n) is 7.25. The van der Waals surface area contributed by atoms with Crippen molar-refractivity contribution in [3.8, 4) is 5.75 Å². The summed E-state index contributed by atoms with van der Waals surface area (Å²) in [4.78, 5) is 50.7. The molecule has 13 heteroatoms. The Bertz CT molecular complexity index is 1820. The fourth-order valence-corrected chi connectivity index (χ4v) is 8.11. The van der Waals surface area contributed by atoms with Crippen LogP contribution >= 0.6 is 34.8 Å². The highest BCUT2D eigenvalue weighted by Gasteiger charge is 2.43. The third-order valence-electron chi connectivity index (χ3n) is 10.2. The number of benzene rings is 2. The van der Waals surface area contributed by atoms with Gasteiger partial charge in [0.1, 0.15) is 17.5 Å². The van der Waals surface area contributed by atoms with Crippen molar-refractivity contribution in [2.75, 3.05) is 31.1 Å². The van der Waals surface area contributed by atoms with Gasteiger partial charge in [-0.25, -0.2) is 9.78 Å². The average molecular weight is 799 g/mol. The van der Waals surface area contributed by atoms with Crippen LogP contribution in [0, 0.1) is 12.8 Å². The van der Waals surface area contributed by atoms with Gasteiger partial charge in [-0.05, 0) is 93.5 Å². The zero-order valence-electron chi connectivity index (χ0n) is 31.7. The number of pyridine rings is 1. The lowest BCUT2D eigenvalue weighted by molar-refractivity contribution is -0.139. The van der Waals surface area contributed by atoms with Gasteiger partial charge in [0.2, 0.25) is 11.8 Å². The van der Waals surface area contributed by atoms with Gasteiger partial charge in [0.05, 0.1) is 22.5 Å². The molecule has 10 nitrogen and oxygen atoms in total. The van der Waals surface area contributed by atoms with Crippen molar-refractivity contribution in [2.24, 2.45) is 5.92 Å². The number of aromatic nitrogens is 1. The maximum atomic E-state index is 14.8. The minimum atomic E-state index is -0.663. The highest BCUT2D eigenvalue weighted by Crippen LogP contribution is 2.40. The van der Waals surface area contributed by atoms with Crippen molar-refractivity contribution in [2.45, 2.75) is 103 Å². The van der Waals surface area contributed by atoms with E-state index in [-0.39, 0.29) is 36.4 Å². The van der Waals surface area contributed by atoms with Gasteiger partial charge in [-0.3, -0.25) is 9.59 Å². The van der Waals surface area contributed by atoms with Gasteiger partial charge in [-0.15, -0.1) is 0 Å². The molecule has 0 bridgehead atoms. The van der Waals surface area contributed by atoms with Gasteiger partial charge in [0.25, 0.3) is 0 Å². The first-order chi connectivity index (χ1) is 25.7. The van der Waals surface area contributed by atoms with E-state index in [0.29, 0.717) is 59.8 Å². The maximum Gasteiger partial charge on any atom is 0.410 e. The van der Waals surface area contributed by atoms with Crippen LogP contribution in [0.1, 0.15) is 88.0 Å². The van der Waals surface area contributed by atoms with E-state index in [1.807, 2.05) is 82.1 Å². The monoisotopic (exact) mass is 797 g/mol. The number of aryl methyl sites for hydroxylation is 1. The summed E-state index contributed by atoms with van der Waals surface area (Å²) in [6, 6.07) is 13.5. The number of carbonyl (C=O) groups excluding carboxylic acids is 3. The van der Waals surface area contributed by atoms with Crippen LogP contribution in [0.15, 0.2) is 48.7 Å². The topological polar surface area (TPSA) is 104 Å². The Hall–Kier alpha value is -3.73. The van der Waals surface area contributed by atoms with Crippen molar-refractivity contribution in [1.82, 2.24) is 20.1 Å². The highest BCUT2D eigenvalue weighted by atomic mass is 35.5. The van der Waals surface area contributed by atoms with Crippen LogP contribution in [0.25, 0.3) is 0 Å². The first-order valence-corrected chi connectivity index (χ1v) is 20.0. The minimum Gasteiger partial charge on any atom is -0.485 e. The van der Waals surface area contributed by atoms with E-state index in [9.17, 15) is 14.4 Å². The fraction of sp³-hybridized carbons (Fsp3) is 0.512. The summed E-state index contributed by atoms with van der Waals surface area (Å²) >= 11 is 19.6. The van der Waals surface area contributed by atoms with Crippen LogP contribution in [0.4, 0.5) is 10.6 Å². The molecule has 0 spiro atoms. The molecule has 6 rings (SSSR count). The molecule has 54 heavy (non-hydrogen) atoms. The van der Waals surface area contributed by atoms with Crippen molar-refractivity contribution < 1.29 is 23.9 Å². The number of hydrogen-bond donors (Lipinski definition) is 1. The molecule has 290 valence electrons. The normalized spacial score (nSPS) is 20.1. The molecule has 3 aliphatic rings. The molecule has 0 radical (unpaired) electrons. The third kappa shape index (κ3) is 9.92. The zero-order chi connectivity index (χ0) is 38.7. The standard InChI is InChI=1S/C41H50Cl3N5O5/c1-6-37(50)46-20-26-7-11-33(42)28(19-26)22-49(29-9-10-29)39(51)32-24-48(40(52)54-41(3,4)5)16-14-31(32)27-8-12-36(45-21-27)47-15-13-30(23-47)53-38-34(43)17-25(2)18-35(38)44/h7-8,11-12,17-19,21,29-32H,6,9-10,13-16,20,22-24H2,1-5H3,(H,46,50)/t30-,31-,32+/m1/s1. The number of likely N-dealkylation sites (tertiary alicyclic amines) is 1. The number of carbonyl (C=O) groups is 3. The predicted molar refractivity (Wildman–Crippen MR) is 212 cm³/mol. The van der Waals surface area contributed by atoms with Crippen LogP contribution in [-0.4, -0.2) is 76.6 Å². The number of nitrogens with one attached hydrogen (secondary N) is 1. The molecule has 3 fully saturated rings. The van der Waals surface area contributed by atoms with Crippen LogP contribution in [0.3, 0.4) is 0 Å². The second-order valence-corrected chi connectivity index (χ2v) is 16.9. The second-order valence-electron chi connectivity index (χ2n) is 15.7. The Morgan fingerprint density at radius 3 is 2.33 bits per heavy atom. The first-order valence-electron chi connectivity index (χ1n) is 18.8. The molecule has 3 aromatic rings. The van der Waals surface area contributed by atoms with Crippen LogP contribution < -0.4 is 15.0 Å². The van der Waals surface area contributed by atoms with Gasteiger partial charge in [-0.2, -0.15) is 0 Å². The number of rotatable bonds is 11. The number of halogens is 3. The Balaban J connectivity index is 1.20. The number of piperidine rings is 1. The smallest absolute Gasteiger partial charge is 0.410 e. The lowest BCUT2D eigenvalue weighted by Crippen LogP contribution is -2.51. The van der Waals surface area contributed by atoms with Crippen molar-refractivity contribution in [1.29, 1.82) is 0 Å². The lowest BCUT2D eigenvalue weighted by Gasteiger charge is -2.40. The predicted octanol–water partition coefficient (Wildman–Crippen LogP) is 8.57. The summed E-state index contributed by atoms with van der Waals surface area (Å²) in [6.45, 7) is 12.1. The first kappa shape index (κ1) is 39.9. The summed E-state index contributed by atoms with van der Waals surface area (Å²) in [7, 11) is 0. The quantitative estimate of drug-likeness (QED) is 0.207. The Morgan fingerprint density at radius 1 is 0.944 bits per heavy atom. The number of ether oxygens (including phenoxy) is 2. The number of nitrogens with zero attached hydrogens (tertiary/aromatic N) is 4. The van der Waals surface area contributed by atoms with E-state index in [0.717, 1.165) is 53.9 Å². The lowest BCUT2D eigenvalue weighted by atomic mass is 9.80. The van der Waals surface area contributed by atoms with Crippen molar-refractivity contribution >= 4 is 58.5 Å². The number of anilines is 1. The SMILES string of the molecule is CCC(=O)NCc1ccc(Cl)c(CN(C(=O)[C@H]2CN(C(=O)OC(C)(C)C)CC[C@@H]2c2ccc(N3CC[C@@H](Oc4c(Cl)cc(C)cc4Cl)C3)nc2)C2CC2)c1. The zero-order valence-corrected chi connectivity index (χ0v) is 33.9. The molecular formula is C41H50Cl3N5O5. The third-order valence-corrected chi connectivity index (χ3v) is 11.1. The molecule has 3 atom stereocenters. The van der Waals surface area contributed by atoms with Crippen molar-refractivity contribution in [3.63, 3.8) is 0 Å². The molecule has 2 aromatic carbocycles. The van der Waals surface area contributed by atoms with E-state index in [1.54, 1.807) is 4.90 Å². The van der Waals surface area contributed by atoms with Crippen LogP contribution in [0.5, 0.6) is 5.75 Å². The van der Waals surface area contributed by atoms with E-state index >= 15 is 0 Å². The molecule has 0 unspecified atom stereocenters. The van der Waals surface area contributed by atoms with E-state index in [4.69, 9.17) is 49.3 Å². The molecule has 1 saturated carbocycles. The van der Waals surface area contributed by atoms with Crippen LogP contribution in [-0.2, 0) is 27.4 Å². The molecule has 3 heterocycles. The summed E-state index contributed by atoms with van der Waals surface area (Å²) in [5.74, 6) is 0.597. The van der Waals surface area contributed by atoms with Gasteiger partial charge in [0, 0.05) is 68.7 Å². The van der Waals surface area contributed by atoms with E-state index in [2.05, 4.69) is 16.3 Å². The summed E-state index contributed by atoms with van der Waals surface area (Å²) in [6.07, 6.45) is 4.94. The Morgan fingerprint density at radius 2 is 1.69 bits per heavy atom. The highest BCUT2D eigenvalue weighted by molar-refractivity contribution is 6.37. The molecule has 2 saturated heterocycles. The minimum absolute atomic E-state index is 0.0199. The second kappa shape index (κ2) is 17.0. The molecular weight excluding hydrogens is 749 g/mol. The van der Waals surface area contributed by atoms with Gasteiger partial charge in [-0.1, -0.05) is 59.9 Å². The maximum absolute atomic E-state index is 14.8. The molecule has 3 amide bonds. The number of amides is 3.